The molecular formula is C13H16F3N3O3. The molecule has 0 radical (unpaired) electrons. The average molecular weight is 319 g/mol. The van der Waals surface area contributed by atoms with Gasteiger partial charge in [0.1, 0.15) is 0 Å². The van der Waals surface area contributed by atoms with Crippen LogP contribution in [0.15, 0.2) is 24.3 Å². The van der Waals surface area contributed by atoms with Crippen molar-refractivity contribution in [3.05, 3.63) is 34.4 Å². The molecule has 1 aliphatic heterocycles. The first-order chi connectivity index (χ1) is 10.3. The second-order valence-corrected chi connectivity index (χ2v) is 5.12. The lowest BCUT2D eigenvalue weighted by atomic mass is 10.2. The molecule has 0 spiro atoms. The van der Waals surface area contributed by atoms with Gasteiger partial charge in [0, 0.05) is 50.5 Å². The van der Waals surface area contributed by atoms with Gasteiger partial charge in [-0.2, -0.15) is 13.2 Å². The number of rotatable bonds is 4. The first-order valence-corrected chi connectivity index (χ1v) is 6.74. The van der Waals surface area contributed by atoms with Gasteiger partial charge in [-0.15, -0.1) is 0 Å². The number of nitrogens with zero attached hydrogens (tertiary/aromatic N) is 3. The predicted molar refractivity (Wildman–Crippen MR) is 73.8 cm³/mol. The summed E-state index contributed by atoms with van der Waals surface area (Å²) in [5.41, 5.74) is 0.789. The third-order valence-corrected chi connectivity index (χ3v) is 3.61. The largest absolute Gasteiger partial charge is 0.415 e. The Morgan fingerprint density at radius 1 is 1.18 bits per heavy atom. The minimum Gasteiger partial charge on any atom is -0.382 e. The highest BCUT2D eigenvalue weighted by atomic mass is 19.4. The molecule has 1 atom stereocenters. The third kappa shape index (κ3) is 4.08. The third-order valence-electron chi connectivity index (χ3n) is 3.61. The number of halogens is 3. The molecule has 0 saturated carbocycles. The molecule has 6 nitrogen and oxygen atoms in total. The monoisotopic (exact) mass is 319 g/mol. The maximum absolute atomic E-state index is 12.3. The van der Waals surface area contributed by atoms with Crippen molar-refractivity contribution < 1.29 is 23.2 Å². The molecular weight excluding hydrogens is 303 g/mol. The first-order valence-electron chi connectivity index (χ1n) is 6.74. The van der Waals surface area contributed by atoms with Gasteiger partial charge in [-0.3, -0.25) is 15.0 Å². The number of nitro groups is 1. The van der Waals surface area contributed by atoms with Gasteiger partial charge < -0.3 is 10.0 Å². The van der Waals surface area contributed by atoms with Crippen LogP contribution in [0.5, 0.6) is 0 Å². The lowest BCUT2D eigenvalue weighted by Gasteiger charge is -2.37. The van der Waals surface area contributed by atoms with E-state index in [1.165, 1.54) is 12.1 Å². The molecule has 1 aliphatic rings. The molecule has 1 fully saturated rings. The Balaban J connectivity index is 1.88. The maximum atomic E-state index is 12.3. The molecule has 0 aliphatic carbocycles. The van der Waals surface area contributed by atoms with Crippen molar-refractivity contribution in [3.8, 4) is 0 Å². The van der Waals surface area contributed by atoms with E-state index in [1.54, 1.807) is 17.0 Å². The van der Waals surface area contributed by atoms with Crippen LogP contribution in [0.4, 0.5) is 24.5 Å². The number of benzene rings is 1. The Morgan fingerprint density at radius 2 is 1.73 bits per heavy atom. The van der Waals surface area contributed by atoms with Crippen molar-refractivity contribution in [2.24, 2.45) is 0 Å². The van der Waals surface area contributed by atoms with E-state index >= 15 is 0 Å². The van der Waals surface area contributed by atoms with E-state index in [0.717, 1.165) is 5.69 Å². The fourth-order valence-electron chi connectivity index (χ4n) is 2.32. The van der Waals surface area contributed by atoms with Gasteiger partial charge in [-0.05, 0) is 12.1 Å². The fourth-order valence-corrected chi connectivity index (χ4v) is 2.32. The molecule has 1 saturated heterocycles. The summed E-state index contributed by atoms with van der Waals surface area (Å²) in [6.07, 6.45) is -6.94. The molecule has 0 aromatic heterocycles. The van der Waals surface area contributed by atoms with Gasteiger partial charge in [0.25, 0.3) is 5.69 Å². The second kappa shape index (κ2) is 6.49. The van der Waals surface area contributed by atoms with Gasteiger partial charge >= 0.3 is 6.18 Å². The van der Waals surface area contributed by atoms with E-state index in [2.05, 4.69) is 0 Å². The van der Waals surface area contributed by atoms with E-state index in [0.29, 0.717) is 26.2 Å². The quantitative estimate of drug-likeness (QED) is 0.675. The predicted octanol–water partition coefficient (Wildman–Crippen LogP) is 1.64. The molecule has 0 bridgehead atoms. The van der Waals surface area contributed by atoms with Crippen LogP contribution in [0.25, 0.3) is 0 Å². The van der Waals surface area contributed by atoms with Crippen molar-refractivity contribution in [2.75, 3.05) is 37.6 Å². The number of anilines is 1. The van der Waals surface area contributed by atoms with Crippen LogP contribution in [0.2, 0.25) is 0 Å². The van der Waals surface area contributed by atoms with Crippen molar-refractivity contribution >= 4 is 11.4 Å². The Hall–Kier alpha value is -1.87. The van der Waals surface area contributed by atoms with Crippen LogP contribution in [-0.4, -0.2) is 59.9 Å². The minimum absolute atomic E-state index is 0.00399. The summed E-state index contributed by atoms with van der Waals surface area (Å²) in [6.45, 7) is 1.36. The molecule has 9 heteroatoms. The van der Waals surface area contributed by atoms with Gasteiger partial charge in [0.15, 0.2) is 6.10 Å². The summed E-state index contributed by atoms with van der Waals surface area (Å²) in [5, 5.41) is 19.6. The molecule has 1 aromatic carbocycles. The van der Waals surface area contributed by atoms with Crippen molar-refractivity contribution in [1.29, 1.82) is 0 Å². The Kier molecular flexibility index (Phi) is 4.87. The van der Waals surface area contributed by atoms with Crippen LogP contribution in [0.3, 0.4) is 0 Å². The minimum atomic E-state index is -4.60. The van der Waals surface area contributed by atoms with Gasteiger partial charge in [-0.1, -0.05) is 0 Å². The Morgan fingerprint density at radius 3 is 2.18 bits per heavy atom. The number of hydrogen-bond donors (Lipinski definition) is 1. The zero-order valence-corrected chi connectivity index (χ0v) is 11.7. The SMILES string of the molecule is O=[N+]([O-])c1ccc(N2CCN(C[C@H](O)C(F)(F)F)CC2)cc1. The van der Waals surface area contributed by atoms with Crippen molar-refractivity contribution in [1.82, 2.24) is 4.90 Å². The molecule has 1 heterocycles. The first kappa shape index (κ1) is 16.5. The van der Waals surface area contributed by atoms with Gasteiger partial charge in [0.2, 0.25) is 0 Å². The summed E-state index contributed by atoms with van der Waals surface area (Å²) in [7, 11) is 0. The molecule has 1 N–H and O–H groups in total. The molecule has 0 unspecified atom stereocenters. The summed E-state index contributed by atoms with van der Waals surface area (Å²) in [6, 6.07) is 6.04. The summed E-state index contributed by atoms with van der Waals surface area (Å²) < 4.78 is 36.9. The van der Waals surface area contributed by atoms with E-state index in [9.17, 15) is 23.3 Å². The number of aliphatic hydroxyl groups is 1. The molecule has 2 rings (SSSR count). The van der Waals surface area contributed by atoms with E-state index < -0.39 is 23.7 Å². The summed E-state index contributed by atoms with van der Waals surface area (Å²) in [5.74, 6) is 0. The van der Waals surface area contributed by atoms with Gasteiger partial charge in [0.05, 0.1) is 4.92 Å². The number of piperazine rings is 1. The maximum Gasteiger partial charge on any atom is 0.415 e. The van der Waals surface area contributed by atoms with Gasteiger partial charge in [-0.25, -0.2) is 0 Å². The number of β-amino-alcohol motifs (C(OH)–C–C–N with tert-alkyl or cyclic N) is 1. The average Bonchev–Trinajstić information content (AvgIpc) is 2.47. The molecule has 0 amide bonds. The molecule has 22 heavy (non-hydrogen) atoms. The Bertz CT molecular complexity index is 514. The number of hydrogen-bond acceptors (Lipinski definition) is 5. The highest BCUT2D eigenvalue weighted by molar-refractivity contribution is 5.51. The van der Waals surface area contributed by atoms with Crippen LogP contribution in [0, 0.1) is 10.1 Å². The smallest absolute Gasteiger partial charge is 0.382 e. The van der Waals surface area contributed by atoms with Crippen LogP contribution in [-0.2, 0) is 0 Å². The van der Waals surface area contributed by atoms with Crippen molar-refractivity contribution in [2.45, 2.75) is 12.3 Å². The number of aliphatic hydroxyl groups excluding tert-OH is 1. The number of non-ortho nitro benzene ring substituents is 1. The number of alkyl halides is 3. The standard InChI is InChI=1S/C13H16F3N3O3/c14-13(15,16)12(20)9-17-5-7-18(8-6-17)10-1-3-11(4-2-10)19(21)22/h1-4,12,20H,5-9H2/t12-/m0/s1. The van der Waals surface area contributed by atoms with Crippen LogP contribution >= 0.6 is 0 Å². The zero-order chi connectivity index (χ0) is 16.3. The van der Waals surface area contributed by atoms with E-state index in [-0.39, 0.29) is 5.69 Å². The van der Waals surface area contributed by atoms with Crippen LogP contribution in [0.1, 0.15) is 0 Å². The molecule has 122 valence electrons. The van der Waals surface area contributed by atoms with Crippen LogP contribution < -0.4 is 4.90 Å². The second-order valence-electron chi connectivity index (χ2n) is 5.12. The Labute approximate surface area is 124 Å². The highest BCUT2D eigenvalue weighted by Gasteiger charge is 2.39. The van der Waals surface area contributed by atoms with Crippen molar-refractivity contribution in [3.63, 3.8) is 0 Å². The topological polar surface area (TPSA) is 69.9 Å². The lowest BCUT2D eigenvalue weighted by molar-refractivity contribution is -0.384. The summed E-state index contributed by atoms with van der Waals surface area (Å²) >= 11 is 0. The fraction of sp³-hybridized carbons (Fsp3) is 0.538. The summed E-state index contributed by atoms with van der Waals surface area (Å²) in [4.78, 5) is 13.6. The lowest BCUT2D eigenvalue weighted by Crippen LogP contribution is -2.50. The normalized spacial score (nSPS) is 18.3. The zero-order valence-electron chi connectivity index (χ0n) is 11.7. The van der Waals surface area contributed by atoms with E-state index in [1.807, 2.05) is 4.90 Å². The van der Waals surface area contributed by atoms with E-state index in [4.69, 9.17) is 5.11 Å². The number of nitro benzene ring substituents is 1. The molecule has 1 aromatic rings. The highest BCUT2D eigenvalue weighted by Crippen LogP contribution is 2.23.